The maximum absolute atomic E-state index is 12.3. The molecule has 2 rings (SSSR count). The predicted octanol–water partition coefficient (Wildman–Crippen LogP) is 3.56. The van der Waals surface area contributed by atoms with Gasteiger partial charge in [-0.15, -0.1) is 0 Å². The lowest BCUT2D eigenvalue weighted by Gasteiger charge is -2.25. The van der Waals surface area contributed by atoms with Gasteiger partial charge in [-0.25, -0.2) is 14.7 Å². The Kier molecular flexibility index (Phi) is 3.86. The van der Waals surface area contributed by atoms with Crippen molar-refractivity contribution in [3.8, 4) is 0 Å². The standard InChI is InChI=1S/C14H20N2O3S/c1-8-11(9(2)17)20-12(15-8)16(10-6-7-10)13(18)19-14(3,4)5/h10H,6-7H2,1-5H3. The van der Waals surface area contributed by atoms with Gasteiger partial charge in [-0.05, 0) is 40.5 Å². The Labute approximate surface area is 122 Å². The number of carbonyl (C=O) groups is 2. The number of hydrogen-bond donors (Lipinski definition) is 0. The Morgan fingerprint density at radius 1 is 1.35 bits per heavy atom. The number of thiazole rings is 1. The molecule has 1 aromatic rings. The van der Waals surface area contributed by atoms with Crippen LogP contribution in [0.1, 0.15) is 55.9 Å². The molecule has 0 atom stereocenters. The van der Waals surface area contributed by atoms with E-state index in [-0.39, 0.29) is 17.9 Å². The zero-order valence-corrected chi connectivity index (χ0v) is 13.3. The van der Waals surface area contributed by atoms with E-state index < -0.39 is 5.60 Å². The Bertz CT molecular complexity index is 541. The molecule has 6 heteroatoms. The molecule has 0 spiro atoms. The molecule has 1 fully saturated rings. The molecule has 0 bridgehead atoms. The highest BCUT2D eigenvalue weighted by Crippen LogP contribution is 2.36. The highest BCUT2D eigenvalue weighted by Gasteiger charge is 2.38. The van der Waals surface area contributed by atoms with Gasteiger partial charge in [0.2, 0.25) is 0 Å². The zero-order valence-electron chi connectivity index (χ0n) is 12.5. The van der Waals surface area contributed by atoms with Crippen molar-refractivity contribution < 1.29 is 14.3 Å². The summed E-state index contributed by atoms with van der Waals surface area (Å²) in [6.45, 7) is 8.81. The second-order valence-electron chi connectivity index (χ2n) is 6.05. The van der Waals surface area contributed by atoms with Crippen LogP contribution in [0.2, 0.25) is 0 Å². The van der Waals surface area contributed by atoms with Crippen molar-refractivity contribution in [3.05, 3.63) is 10.6 Å². The summed E-state index contributed by atoms with van der Waals surface area (Å²) >= 11 is 1.26. The Hall–Kier alpha value is -1.43. The SMILES string of the molecule is CC(=O)c1sc(N(C(=O)OC(C)(C)C)C2CC2)nc1C. The van der Waals surface area contributed by atoms with Crippen molar-refractivity contribution >= 4 is 28.3 Å². The molecule has 0 radical (unpaired) electrons. The van der Waals surface area contributed by atoms with Crippen LogP contribution in [0.4, 0.5) is 9.93 Å². The van der Waals surface area contributed by atoms with Gasteiger partial charge in [-0.2, -0.15) is 0 Å². The van der Waals surface area contributed by atoms with Crippen LogP contribution in [0.5, 0.6) is 0 Å². The van der Waals surface area contributed by atoms with E-state index >= 15 is 0 Å². The van der Waals surface area contributed by atoms with Crippen LogP contribution in [0.25, 0.3) is 0 Å². The third kappa shape index (κ3) is 3.36. The largest absolute Gasteiger partial charge is 0.443 e. The number of rotatable bonds is 3. The molecule has 1 aliphatic rings. The first kappa shape index (κ1) is 15.0. The highest BCUT2D eigenvalue weighted by molar-refractivity contribution is 7.17. The van der Waals surface area contributed by atoms with Gasteiger partial charge in [0.15, 0.2) is 10.9 Å². The monoisotopic (exact) mass is 296 g/mol. The molecule has 20 heavy (non-hydrogen) atoms. The number of ether oxygens (including phenoxy) is 1. The van der Waals surface area contributed by atoms with Gasteiger partial charge in [0, 0.05) is 13.0 Å². The zero-order chi connectivity index (χ0) is 15.1. The van der Waals surface area contributed by atoms with Gasteiger partial charge in [0.05, 0.1) is 10.6 Å². The maximum atomic E-state index is 12.3. The lowest BCUT2D eigenvalue weighted by atomic mass is 10.2. The van der Waals surface area contributed by atoms with E-state index in [2.05, 4.69) is 4.98 Å². The number of amides is 1. The molecular weight excluding hydrogens is 276 g/mol. The minimum Gasteiger partial charge on any atom is -0.443 e. The van der Waals surface area contributed by atoms with Gasteiger partial charge < -0.3 is 4.74 Å². The normalized spacial score (nSPS) is 15.1. The fraction of sp³-hybridized carbons (Fsp3) is 0.643. The summed E-state index contributed by atoms with van der Waals surface area (Å²) < 4.78 is 5.43. The number of hydrogen-bond acceptors (Lipinski definition) is 5. The summed E-state index contributed by atoms with van der Waals surface area (Å²) in [5.74, 6) is -0.0221. The molecule has 5 nitrogen and oxygen atoms in total. The second-order valence-corrected chi connectivity index (χ2v) is 7.03. The molecule has 0 aliphatic heterocycles. The van der Waals surface area contributed by atoms with Gasteiger partial charge in [0.1, 0.15) is 5.60 Å². The van der Waals surface area contributed by atoms with E-state index in [1.807, 2.05) is 20.8 Å². The molecule has 1 aromatic heterocycles. The molecule has 0 saturated heterocycles. The summed E-state index contributed by atoms with van der Waals surface area (Å²) in [6, 6.07) is 0.148. The minimum absolute atomic E-state index is 0.0221. The lowest BCUT2D eigenvalue weighted by molar-refractivity contribution is 0.0577. The van der Waals surface area contributed by atoms with E-state index in [0.29, 0.717) is 15.7 Å². The predicted molar refractivity (Wildman–Crippen MR) is 78.6 cm³/mol. The van der Waals surface area contributed by atoms with Crippen molar-refractivity contribution in [1.82, 2.24) is 4.98 Å². The Morgan fingerprint density at radius 3 is 2.35 bits per heavy atom. The number of nitrogens with zero attached hydrogens (tertiary/aromatic N) is 2. The quantitative estimate of drug-likeness (QED) is 0.800. The molecule has 0 aromatic carbocycles. The van der Waals surface area contributed by atoms with Crippen molar-refractivity contribution in [3.63, 3.8) is 0 Å². The van der Waals surface area contributed by atoms with E-state index in [9.17, 15) is 9.59 Å². The topological polar surface area (TPSA) is 59.5 Å². The fourth-order valence-corrected chi connectivity index (χ4v) is 2.86. The van der Waals surface area contributed by atoms with Crippen molar-refractivity contribution in [1.29, 1.82) is 0 Å². The molecular formula is C14H20N2O3S. The molecule has 1 heterocycles. The van der Waals surface area contributed by atoms with Crippen molar-refractivity contribution in [2.45, 2.75) is 59.1 Å². The Balaban J connectivity index is 2.27. The van der Waals surface area contributed by atoms with Gasteiger partial charge >= 0.3 is 6.09 Å². The van der Waals surface area contributed by atoms with Crippen LogP contribution < -0.4 is 4.90 Å². The maximum Gasteiger partial charge on any atom is 0.416 e. The molecule has 0 unspecified atom stereocenters. The lowest BCUT2D eigenvalue weighted by Crippen LogP contribution is -2.38. The highest BCUT2D eigenvalue weighted by atomic mass is 32.1. The molecule has 0 N–H and O–H groups in total. The Morgan fingerprint density at radius 2 is 1.95 bits per heavy atom. The number of aryl methyl sites for hydroxylation is 1. The van der Waals surface area contributed by atoms with Gasteiger partial charge in [-0.3, -0.25) is 4.79 Å². The van der Waals surface area contributed by atoms with Crippen LogP contribution in [0.3, 0.4) is 0 Å². The average Bonchev–Trinajstić information content (AvgIpc) is 2.99. The number of Topliss-reactive ketones (excluding diaryl/α,β-unsaturated/α-hetero) is 1. The third-order valence-corrected chi connectivity index (χ3v) is 4.07. The fourth-order valence-electron chi connectivity index (χ4n) is 1.84. The van der Waals surface area contributed by atoms with E-state index in [4.69, 9.17) is 4.74 Å². The number of anilines is 1. The average molecular weight is 296 g/mol. The van der Waals surface area contributed by atoms with Crippen molar-refractivity contribution in [2.75, 3.05) is 4.90 Å². The summed E-state index contributed by atoms with van der Waals surface area (Å²) in [4.78, 5) is 30.4. The minimum atomic E-state index is -0.542. The molecule has 1 aliphatic carbocycles. The molecule has 1 amide bonds. The molecule has 1 saturated carbocycles. The number of ketones is 1. The van der Waals surface area contributed by atoms with Crippen LogP contribution in [-0.2, 0) is 4.74 Å². The van der Waals surface area contributed by atoms with E-state index in [1.165, 1.54) is 18.3 Å². The first-order chi connectivity index (χ1) is 9.19. The third-order valence-electron chi connectivity index (χ3n) is 2.81. The van der Waals surface area contributed by atoms with E-state index in [1.54, 1.807) is 11.8 Å². The van der Waals surface area contributed by atoms with E-state index in [0.717, 1.165) is 12.8 Å². The summed E-state index contributed by atoms with van der Waals surface area (Å²) in [6.07, 6.45) is 1.52. The van der Waals surface area contributed by atoms with Gasteiger partial charge in [0.25, 0.3) is 0 Å². The second kappa shape index (κ2) is 5.16. The first-order valence-corrected chi connectivity index (χ1v) is 7.51. The van der Waals surface area contributed by atoms with Gasteiger partial charge in [-0.1, -0.05) is 11.3 Å². The van der Waals surface area contributed by atoms with Crippen LogP contribution in [-0.4, -0.2) is 28.5 Å². The van der Waals surface area contributed by atoms with Crippen LogP contribution in [0, 0.1) is 6.92 Å². The summed E-state index contributed by atoms with van der Waals surface area (Å²) in [5, 5.41) is 0.560. The first-order valence-electron chi connectivity index (χ1n) is 6.69. The van der Waals surface area contributed by atoms with Crippen molar-refractivity contribution in [2.24, 2.45) is 0 Å². The smallest absolute Gasteiger partial charge is 0.416 e. The van der Waals surface area contributed by atoms with Crippen LogP contribution >= 0.6 is 11.3 Å². The molecule has 110 valence electrons. The number of aromatic nitrogens is 1. The number of carbonyl (C=O) groups excluding carboxylic acids is 2. The summed E-state index contributed by atoms with van der Waals surface area (Å²) in [5.41, 5.74) is 0.131. The van der Waals surface area contributed by atoms with Crippen LogP contribution in [0.15, 0.2) is 0 Å². The summed E-state index contributed by atoms with van der Waals surface area (Å²) in [7, 11) is 0.